The van der Waals surface area contributed by atoms with Crippen LogP contribution in [0, 0.1) is 5.92 Å². The van der Waals surface area contributed by atoms with E-state index in [-0.39, 0.29) is 0 Å². The number of hydrogen-bond donors (Lipinski definition) is 0. The first-order chi connectivity index (χ1) is 9.66. The second-order valence-corrected chi connectivity index (χ2v) is 9.21. The summed E-state index contributed by atoms with van der Waals surface area (Å²) in [6.45, 7) is 1.30. The zero-order valence-electron chi connectivity index (χ0n) is 11.1. The Morgan fingerprint density at radius 3 is 2.40 bits per heavy atom. The van der Waals surface area contributed by atoms with Gasteiger partial charge in [-0.3, -0.25) is 0 Å². The third-order valence-corrected chi connectivity index (χ3v) is 7.90. The second kappa shape index (κ2) is 5.97. The Morgan fingerprint density at radius 1 is 1.10 bits per heavy atom. The van der Waals surface area contributed by atoms with Crippen LogP contribution in [0.15, 0.2) is 39.2 Å². The van der Waals surface area contributed by atoms with Crippen LogP contribution in [0.2, 0.25) is 0 Å². The smallest absolute Gasteiger partial charge is 0.206 e. The van der Waals surface area contributed by atoms with Crippen LogP contribution in [0.1, 0.15) is 17.7 Å². The van der Waals surface area contributed by atoms with Crippen molar-refractivity contribution < 1.29 is 8.42 Å². The van der Waals surface area contributed by atoms with Crippen molar-refractivity contribution in [3.05, 3.63) is 39.9 Å². The molecule has 1 fully saturated rings. The minimum Gasteiger partial charge on any atom is -0.206 e. The monoisotopic (exact) mass is 327 g/mol. The first kappa shape index (κ1) is 14.3. The van der Waals surface area contributed by atoms with Crippen LogP contribution in [0.25, 0.3) is 0 Å². The van der Waals surface area contributed by atoms with Gasteiger partial charge < -0.3 is 0 Å². The molecule has 0 amide bonds. The number of piperidine rings is 1. The summed E-state index contributed by atoms with van der Waals surface area (Å²) < 4.78 is 26.9. The van der Waals surface area contributed by atoms with Gasteiger partial charge in [-0.15, -0.1) is 22.7 Å². The van der Waals surface area contributed by atoms with Crippen LogP contribution < -0.4 is 0 Å². The van der Waals surface area contributed by atoms with Crippen LogP contribution in [-0.4, -0.2) is 25.8 Å². The van der Waals surface area contributed by atoms with Crippen LogP contribution in [0.5, 0.6) is 0 Å². The van der Waals surface area contributed by atoms with E-state index in [2.05, 4.69) is 17.5 Å². The molecule has 1 aliphatic rings. The number of sulfonamides is 1. The summed E-state index contributed by atoms with van der Waals surface area (Å²) in [6, 6.07) is 7.73. The summed E-state index contributed by atoms with van der Waals surface area (Å²) in [5.41, 5.74) is 0. The molecule has 3 rings (SSSR count). The highest BCUT2D eigenvalue weighted by Gasteiger charge is 2.29. The third kappa shape index (κ3) is 2.98. The number of nitrogens with zero attached hydrogens (tertiary/aromatic N) is 1. The highest BCUT2D eigenvalue weighted by atomic mass is 32.2. The molecule has 20 heavy (non-hydrogen) atoms. The molecular formula is C14H17NO2S3. The van der Waals surface area contributed by atoms with Gasteiger partial charge in [0.05, 0.1) is 0 Å². The highest BCUT2D eigenvalue weighted by Crippen LogP contribution is 2.28. The molecule has 0 spiro atoms. The van der Waals surface area contributed by atoms with Crippen molar-refractivity contribution in [2.45, 2.75) is 23.5 Å². The Labute approximate surface area is 127 Å². The summed E-state index contributed by atoms with van der Waals surface area (Å²) in [5.74, 6) is 0.614. The lowest BCUT2D eigenvalue weighted by molar-refractivity contribution is 0.274. The van der Waals surface area contributed by atoms with Crippen molar-refractivity contribution in [3.63, 3.8) is 0 Å². The standard InChI is InChI=1S/C14H17NO2S3/c16-20(17,14-4-2-10-19-14)15-7-5-12(6-8-15)11-13-3-1-9-18-13/h1-4,9-10,12H,5-8,11H2. The van der Waals surface area contributed by atoms with Crippen molar-refractivity contribution in [3.8, 4) is 0 Å². The SMILES string of the molecule is O=S(=O)(c1cccs1)N1CCC(Cc2cccs2)CC1. The lowest BCUT2D eigenvalue weighted by atomic mass is 9.94. The summed E-state index contributed by atoms with van der Waals surface area (Å²) >= 11 is 3.09. The van der Waals surface area contributed by atoms with E-state index in [9.17, 15) is 8.42 Å². The Kier molecular flexibility index (Phi) is 4.26. The van der Waals surface area contributed by atoms with Gasteiger partial charge in [0.25, 0.3) is 10.0 Å². The molecule has 0 N–H and O–H groups in total. The lowest BCUT2D eigenvalue weighted by Gasteiger charge is -2.30. The van der Waals surface area contributed by atoms with E-state index >= 15 is 0 Å². The van der Waals surface area contributed by atoms with Crippen molar-refractivity contribution in [1.82, 2.24) is 4.31 Å². The Bertz CT molecular complexity index is 624. The van der Waals surface area contributed by atoms with E-state index in [1.54, 1.807) is 27.8 Å². The summed E-state index contributed by atoms with van der Waals surface area (Å²) in [5, 5.41) is 3.92. The van der Waals surface area contributed by atoms with E-state index in [4.69, 9.17) is 0 Å². The second-order valence-electron chi connectivity index (χ2n) is 5.06. The van der Waals surface area contributed by atoms with Crippen molar-refractivity contribution in [2.24, 2.45) is 5.92 Å². The molecule has 2 aromatic rings. The van der Waals surface area contributed by atoms with E-state index in [0.29, 0.717) is 23.2 Å². The fraction of sp³-hybridized carbons (Fsp3) is 0.429. The fourth-order valence-electron chi connectivity index (χ4n) is 2.60. The van der Waals surface area contributed by atoms with Gasteiger partial charge in [0.2, 0.25) is 0 Å². The topological polar surface area (TPSA) is 37.4 Å². The Hall–Kier alpha value is -0.690. The molecule has 0 unspecified atom stereocenters. The number of rotatable bonds is 4. The summed E-state index contributed by atoms with van der Waals surface area (Å²) in [4.78, 5) is 1.41. The van der Waals surface area contributed by atoms with Crippen LogP contribution in [0.3, 0.4) is 0 Å². The van der Waals surface area contributed by atoms with Gasteiger partial charge in [-0.1, -0.05) is 12.1 Å². The maximum absolute atomic E-state index is 12.4. The molecule has 2 aromatic heterocycles. The zero-order chi connectivity index (χ0) is 14.0. The Balaban J connectivity index is 1.61. The number of thiophene rings is 2. The lowest BCUT2D eigenvalue weighted by Crippen LogP contribution is -2.38. The molecule has 1 saturated heterocycles. The van der Waals surface area contributed by atoms with Gasteiger partial charge in [-0.05, 0) is 48.1 Å². The molecule has 0 aliphatic carbocycles. The molecule has 0 saturated carbocycles. The average Bonchev–Trinajstić information content (AvgIpc) is 3.12. The van der Waals surface area contributed by atoms with Crippen molar-refractivity contribution in [1.29, 1.82) is 0 Å². The fourth-order valence-corrected chi connectivity index (χ4v) is 6.04. The zero-order valence-corrected chi connectivity index (χ0v) is 13.5. The van der Waals surface area contributed by atoms with Gasteiger partial charge in [-0.25, -0.2) is 8.42 Å². The molecule has 3 heterocycles. The molecule has 108 valence electrons. The molecule has 0 aromatic carbocycles. The average molecular weight is 327 g/mol. The normalized spacial score (nSPS) is 18.4. The molecule has 0 bridgehead atoms. The van der Waals surface area contributed by atoms with Crippen LogP contribution in [0.4, 0.5) is 0 Å². The van der Waals surface area contributed by atoms with Gasteiger partial charge in [0.1, 0.15) is 4.21 Å². The first-order valence-electron chi connectivity index (χ1n) is 6.72. The summed E-state index contributed by atoms with van der Waals surface area (Å²) in [7, 11) is -3.25. The van der Waals surface area contributed by atoms with Crippen molar-refractivity contribution >= 4 is 32.7 Å². The molecule has 0 atom stereocenters. The minimum atomic E-state index is -3.25. The Morgan fingerprint density at radius 2 is 1.80 bits per heavy atom. The van der Waals surface area contributed by atoms with E-state index in [1.165, 1.54) is 16.2 Å². The quantitative estimate of drug-likeness (QED) is 0.862. The van der Waals surface area contributed by atoms with E-state index in [0.717, 1.165) is 19.3 Å². The van der Waals surface area contributed by atoms with E-state index < -0.39 is 10.0 Å². The van der Waals surface area contributed by atoms with Gasteiger partial charge in [0, 0.05) is 18.0 Å². The van der Waals surface area contributed by atoms with Gasteiger partial charge >= 0.3 is 0 Å². The predicted octanol–water partition coefficient (Wildman–Crippen LogP) is 3.45. The molecule has 1 aliphatic heterocycles. The number of hydrogen-bond acceptors (Lipinski definition) is 4. The maximum atomic E-state index is 12.4. The molecule has 0 radical (unpaired) electrons. The third-order valence-electron chi connectivity index (χ3n) is 3.73. The van der Waals surface area contributed by atoms with Gasteiger partial charge in [0.15, 0.2) is 0 Å². The minimum absolute atomic E-state index is 0.467. The maximum Gasteiger partial charge on any atom is 0.252 e. The van der Waals surface area contributed by atoms with Crippen molar-refractivity contribution in [2.75, 3.05) is 13.1 Å². The molecule has 6 heteroatoms. The van der Waals surface area contributed by atoms with E-state index in [1.807, 2.05) is 5.38 Å². The highest BCUT2D eigenvalue weighted by molar-refractivity contribution is 7.91. The largest absolute Gasteiger partial charge is 0.252 e. The predicted molar refractivity (Wildman–Crippen MR) is 83.8 cm³/mol. The molecule has 3 nitrogen and oxygen atoms in total. The molecular weight excluding hydrogens is 310 g/mol. The van der Waals surface area contributed by atoms with Crippen LogP contribution in [-0.2, 0) is 16.4 Å². The first-order valence-corrected chi connectivity index (χ1v) is 9.92. The summed E-state index contributed by atoms with van der Waals surface area (Å²) in [6.07, 6.45) is 3.01. The van der Waals surface area contributed by atoms with Gasteiger partial charge in [-0.2, -0.15) is 4.31 Å². The van der Waals surface area contributed by atoms with Crippen LogP contribution >= 0.6 is 22.7 Å².